The van der Waals surface area contributed by atoms with Gasteiger partial charge in [-0.2, -0.15) is 0 Å². The fourth-order valence-electron chi connectivity index (χ4n) is 3.71. The number of aromatic nitrogens is 1. The number of pyridine rings is 1. The van der Waals surface area contributed by atoms with E-state index in [4.69, 9.17) is 9.72 Å². The van der Waals surface area contributed by atoms with Crippen molar-refractivity contribution in [1.82, 2.24) is 9.88 Å². The molecule has 0 spiro atoms. The molecule has 2 aliphatic heterocycles. The minimum Gasteiger partial charge on any atom is -0.465 e. The molecule has 1 fully saturated rings. The van der Waals surface area contributed by atoms with E-state index in [1.165, 1.54) is 4.90 Å². The SMILES string of the molecule is CO[C@H](C)c1nc2c(cc1CO)C[C@@H]1CN(C(=O)O)C[C@@H](C)N21. The zero-order valence-corrected chi connectivity index (χ0v) is 13.7. The number of aliphatic hydroxyl groups is 1. The van der Waals surface area contributed by atoms with Crippen molar-refractivity contribution in [2.24, 2.45) is 0 Å². The number of amides is 1. The van der Waals surface area contributed by atoms with Gasteiger partial charge in [-0.15, -0.1) is 0 Å². The van der Waals surface area contributed by atoms with Gasteiger partial charge < -0.3 is 24.7 Å². The van der Waals surface area contributed by atoms with Crippen LogP contribution >= 0.6 is 0 Å². The minimum absolute atomic E-state index is 0.0734. The van der Waals surface area contributed by atoms with E-state index >= 15 is 0 Å². The second kappa shape index (κ2) is 5.98. The first-order valence-corrected chi connectivity index (χ1v) is 7.88. The summed E-state index contributed by atoms with van der Waals surface area (Å²) in [6, 6.07) is 2.17. The topological polar surface area (TPSA) is 86.1 Å². The summed E-state index contributed by atoms with van der Waals surface area (Å²) >= 11 is 0. The Morgan fingerprint density at radius 2 is 2.26 bits per heavy atom. The average molecular weight is 321 g/mol. The van der Waals surface area contributed by atoms with Gasteiger partial charge in [0.25, 0.3) is 0 Å². The molecule has 23 heavy (non-hydrogen) atoms. The lowest BCUT2D eigenvalue weighted by Crippen LogP contribution is -2.58. The number of aliphatic hydroxyl groups excluding tert-OH is 1. The summed E-state index contributed by atoms with van der Waals surface area (Å²) in [7, 11) is 1.62. The summed E-state index contributed by atoms with van der Waals surface area (Å²) in [5, 5.41) is 18.9. The summed E-state index contributed by atoms with van der Waals surface area (Å²) in [6.45, 7) is 4.82. The highest BCUT2D eigenvalue weighted by Crippen LogP contribution is 2.37. The quantitative estimate of drug-likeness (QED) is 0.875. The van der Waals surface area contributed by atoms with Gasteiger partial charge in [-0.05, 0) is 31.9 Å². The summed E-state index contributed by atoms with van der Waals surface area (Å²) in [4.78, 5) is 19.8. The predicted octanol–water partition coefficient (Wildman–Crippen LogP) is 1.39. The summed E-state index contributed by atoms with van der Waals surface area (Å²) in [5.41, 5.74) is 2.60. The summed E-state index contributed by atoms with van der Waals surface area (Å²) in [6.07, 6.45) is -0.312. The Morgan fingerprint density at radius 3 is 2.87 bits per heavy atom. The molecule has 0 aromatic carbocycles. The van der Waals surface area contributed by atoms with Crippen molar-refractivity contribution in [1.29, 1.82) is 0 Å². The molecule has 1 aromatic rings. The number of piperazine rings is 1. The number of ether oxygens (including phenoxy) is 1. The van der Waals surface area contributed by atoms with Gasteiger partial charge in [0.15, 0.2) is 0 Å². The van der Waals surface area contributed by atoms with Gasteiger partial charge >= 0.3 is 6.09 Å². The van der Waals surface area contributed by atoms with Crippen LogP contribution in [0.15, 0.2) is 6.07 Å². The summed E-state index contributed by atoms with van der Waals surface area (Å²) < 4.78 is 5.37. The van der Waals surface area contributed by atoms with E-state index in [2.05, 4.69) is 4.90 Å². The Bertz CT molecular complexity index is 622. The van der Waals surface area contributed by atoms with Crippen molar-refractivity contribution in [3.63, 3.8) is 0 Å². The first-order valence-electron chi connectivity index (χ1n) is 7.88. The Kier molecular flexibility index (Phi) is 4.16. The van der Waals surface area contributed by atoms with Crippen molar-refractivity contribution >= 4 is 11.9 Å². The number of nitrogens with zero attached hydrogens (tertiary/aromatic N) is 3. The molecule has 0 unspecified atom stereocenters. The molecule has 1 saturated heterocycles. The van der Waals surface area contributed by atoms with Crippen LogP contribution in [0.3, 0.4) is 0 Å². The first-order chi connectivity index (χ1) is 11.0. The molecule has 7 nitrogen and oxygen atoms in total. The maximum absolute atomic E-state index is 11.3. The molecular formula is C16H23N3O4. The number of methoxy groups -OCH3 is 1. The standard InChI is InChI=1S/C16H23N3O4/c1-9-6-18(16(21)22)7-13-5-11-4-12(8-20)14(10(2)23-3)17-15(11)19(9)13/h4,9-10,13,20H,5-8H2,1-3H3,(H,21,22)/t9-,10-,13-/m1/s1. The second-order valence-corrected chi connectivity index (χ2v) is 6.35. The van der Waals surface area contributed by atoms with Gasteiger partial charge in [-0.1, -0.05) is 0 Å². The van der Waals surface area contributed by atoms with Crippen molar-refractivity contribution in [2.75, 3.05) is 25.1 Å². The van der Waals surface area contributed by atoms with E-state index < -0.39 is 6.09 Å². The molecule has 0 radical (unpaired) electrons. The maximum Gasteiger partial charge on any atom is 0.407 e. The lowest BCUT2D eigenvalue weighted by atomic mass is 10.0. The Hall–Kier alpha value is -1.86. The van der Waals surface area contributed by atoms with Crippen LogP contribution in [0.4, 0.5) is 10.6 Å². The molecule has 0 aliphatic carbocycles. The fraction of sp³-hybridized carbons (Fsp3) is 0.625. The van der Waals surface area contributed by atoms with E-state index in [1.54, 1.807) is 7.11 Å². The molecule has 2 N–H and O–H groups in total. The van der Waals surface area contributed by atoms with Crippen LogP contribution in [0.25, 0.3) is 0 Å². The van der Waals surface area contributed by atoms with Crippen LogP contribution in [0.5, 0.6) is 0 Å². The number of hydrogen-bond acceptors (Lipinski definition) is 5. The van der Waals surface area contributed by atoms with Crippen LogP contribution in [-0.4, -0.2) is 58.5 Å². The number of carbonyl (C=O) groups is 1. The van der Waals surface area contributed by atoms with E-state index in [0.717, 1.165) is 29.1 Å². The monoisotopic (exact) mass is 321 g/mol. The maximum atomic E-state index is 11.3. The van der Waals surface area contributed by atoms with E-state index in [9.17, 15) is 15.0 Å². The normalized spacial score (nSPS) is 24.3. The average Bonchev–Trinajstić information content (AvgIpc) is 2.90. The molecule has 0 saturated carbocycles. The molecule has 126 valence electrons. The zero-order chi connectivity index (χ0) is 16.7. The van der Waals surface area contributed by atoms with Crippen LogP contribution in [0.2, 0.25) is 0 Å². The molecule has 7 heteroatoms. The lowest BCUT2D eigenvalue weighted by Gasteiger charge is -2.42. The van der Waals surface area contributed by atoms with E-state index in [0.29, 0.717) is 13.1 Å². The van der Waals surface area contributed by atoms with Crippen molar-refractivity contribution in [3.8, 4) is 0 Å². The summed E-state index contributed by atoms with van der Waals surface area (Å²) in [5.74, 6) is 0.906. The molecule has 1 aromatic heterocycles. The van der Waals surface area contributed by atoms with E-state index in [-0.39, 0.29) is 24.8 Å². The third kappa shape index (κ3) is 2.64. The number of rotatable bonds is 3. The van der Waals surface area contributed by atoms with Crippen LogP contribution in [0.1, 0.15) is 36.8 Å². The Labute approximate surface area is 135 Å². The van der Waals surface area contributed by atoms with Gasteiger partial charge in [-0.3, -0.25) is 0 Å². The van der Waals surface area contributed by atoms with Gasteiger partial charge in [0.05, 0.1) is 24.4 Å². The number of carboxylic acid groups (broad SMARTS) is 1. The largest absolute Gasteiger partial charge is 0.465 e. The molecule has 1 amide bonds. The molecule has 3 atom stereocenters. The highest BCUT2D eigenvalue weighted by Gasteiger charge is 2.41. The van der Waals surface area contributed by atoms with Gasteiger partial charge in [-0.25, -0.2) is 9.78 Å². The third-order valence-electron chi connectivity index (χ3n) is 4.85. The smallest absolute Gasteiger partial charge is 0.407 e. The molecule has 2 aliphatic rings. The minimum atomic E-state index is -0.870. The highest BCUT2D eigenvalue weighted by molar-refractivity contribution is 5.67. The lowest BCUT2D eigenvalue weighted by molar-refractivity contribution is 0.113. The highest BCUT2D eigenvalue weighted by atomic mass is 16.5. The number of hydrogen-bond donors (Lipinski definition) is 2. The van der Waals surface area contributed by atoms with Crippen molar-refractivity contribution in [3.05, 3.63) is 22.9 Å². The van der Waals surface area contributed by atoms with Gasteiger partial charge in [0.2, 0.25) is 0 Å². The van der Waals surface area contributed by atoms with Crippen molar-refractivity contribution < 1.29 is 19.7 Å². The molecular weight excluding hydrogens is 298 g/mol. The first kappa shape index (κ1) is 16.0. The number of anilines is 1. The Morgan fingerprint density at radius 1 is 1.52 bits per heavy atom. The van der Waals surface area contributed by atoms with Crippen molar-refractivity contribution in [2.45, 2.75) is 45.1 Å². The molecule has 0 bridgehead atoms. The zero-order valence-electron chi connectivity index (χ0n) is 13.7. The fourth-order valence-corrected chi connectivity index (χ4v) is 3.71. The van der Waals surface area contributed by atoms with Gasteiger partial charge in [0.1, 0.15) is 5.82 Å². The van der Waals surface area contributed by atoms with Crippen LogP contribution < -0.4 is 4.90 Å². The second-order valence-electron chi connectivity index (χ2n) is 6.35. The molecule has 3 heterocycles. The Balaban J connectivity index is 1.98. The van der Waals surface area contributed by atoms with Gasteiger partial charge in [0, 0.05) is 31.8 Å². The van der Waals surface area contributed by atoms with Crippen LogP contribution in [-0.2, 0) is 17.8 Å². The molecule has 3 rings (SSSR count). The number of fused-ring (bicyclic) bond motifs is 3. The van der Waals surface area contributed by atoms with E-state index in [1.807, 2.05) is 19.9 Å². The van der Waals surface area contributed by atoms with Crippen LogP contribution in [0, 0.1) is 0 Å². The predicted molar refractivity (Wildman–Crippen MR) is 84.6 cm³/mol. The third-order valence-corrected chi connectivity index (χ3v) is 4.85.